The highest BCUT2D eigenvalue weighted by molar-refractivity contribution is 9.10. The van der Waals surface area contributed by atoms with Gasteiger partial charge >= 0.3 is 0 Å². The quantitative estimate of drug-likeness (QED) is 0.802. The summed E-state index contributed by atoms with van der Waals surface area (Å²) in [6.07, 6.45) is 7.28. The second kappa shape index (κ2) is 7.72. The predicted molar refractivity (Wildman–Crippen MR) is 88.4 cm³/mol. The topological polar surface area (TPSA) is 72.2 Å². The Hall–Kier alpha value is -0.430. The predicted octanol–water partition coefficient (Wildman–Crippen LogP) is 3.16. The Morgan fingerprint density at radius 1 is 1.24 bits per heavy atom. The van der Waals surface area contributed by atoms with Gasteiger partial charge in [0.05, 0.1) is 4.90 Å². The summed E-state index contributed by atoms with van der Waals surface area (Å²) in [5, 5.41) is 0. The highest BCUT2D eigenvalue weighted by Gasteiger charge is 2.19. The van der Waals surface area contributed by atoms with Gasteiger partial charge in [-0.15, -0.1) is 0 Å². The van der Waals surface area contributed by atoms with Gasteiger partial charge in [0.2, 0.25) is 10.0 Å². The second-order valence-corrected chi connectivity index (χ2v) is 8.25. The summed E-state index contributed by atoms with van der Waals surface area (Å²) in [4.78, 5) is 0.281. The first-order valence-corrected chi connectivity index (χ1v) is 9.78. The van der Waals surface area contributed by atoms with Gasteiger partial charge in [-0.3, -0.25) is 0 Å². The molecule has 1 aromatic rings. The molecule has 0 radical (unpaired) electrons. The van der Waals surface area contributed by atoms with E-state index in [0.717, 1.165) is 12.0 Å². The SMILES string of the molecule is NCc1ccc(S(=O)(=O)NCCC2CCCCC2)c(Br)c1. The molecule has 1 aliphatic carbocycles. The monoisotopic (exact) mass is 374 g/mol. The van der Waals surface area contributed by atoms with Gasteiger partial charge in [0.25, 0.3) is 0 Å². The molecular weight excluding hydrogens is 352 g/mol. The van der Waals surface area contributed by atoms with E-state index in [1.807, 2.05) is 0 Å². The number of sulfonamides is 1. The van der Waals surface area contributed by atoms with E-state index < -0.39 is 10.0 Å². The van der Waals surface area contributed by atoms with Crippen molar-refractivity contribution in [2.75, 3.05) is 6.54 Å². The molecule has 0 bridgehead atoms. The first-order chi connectivity index (χ1) is 10.0. The molecule has 0 spiro atoms. The van der Waals surface area contributed by atoms with Crippen LogP contribution in [0.1, 0.15) is 44.1 Å². The number of hydrogen-bond acceptors (Lipinski definition) is 3. The molecule has 1 fully saturated rings. The minimum absolute atomic E-state index is 0.281. The zero-order valence-electron chi connectivity index (χ0n) is 12.1. The fourth-order valence-corrected chi connectivity index (χ4v) is 5.01. The molecular formula is C15H23BrN2O2S. The van der Waals surface area contributed by atoms with Crippen LogP contribution >= 0.6 is 15.9 Å². The molecule has 0 atom stereocenters. The number of nitrogens with one attached hydrogen (secondary N) is 1. The third-order valence-electron chi connectivity index (χ3n) is 4.09. The first-order valence-electron chi connectivity index (χ1n) is 7.51. The normalized spacial score (nSPS) is 17.0. The Balaban J connectivity index is 1.94. The van der Waals surface area contributed by atoms with Gasteiger partial charge in [-0.1, -0.05) is 38.2 Å². The second-order valence-electron chi connectivity index (χ2n) is 5.66. The third-order valence-corrected chi connectivity index (χ3v) is 6.53. The van der Waals surface area contributed by atoms with Gasteiger partial charge in [0.15, 0.2) is 0 Å². The van der Waals surface area contributed by atoms with Crippen LogP contribution in [0.5, 0.6) is 0 Å². The van der Waals surface area contributed by atoms with Crippen LogP contribution in [0.25, 0.3) is 0 Å². The number of halogens is 1. The molecule has 0 unspecified atom stereocenters. The molecule has 118 valence electrons. The van der Waals surface area contributed by atoms with Crippen LogP contribution in [0.4, 0.5) is 0 Å². The van der Waals surface area contributed by atoms with Crippen LogP contribution in [0.2, 0.25) is 0 Å². The van der Waals surface area contributed by atoms with Crippen molar-refractivity contribution in [2.24, 2.45) is 11.7 Å². The third kappa shape index (κ3) is 4.77. The van der Waals surface area contributed by atoms with E-state index in [2.05, 4.69) is 20.7 Å². The highest BCUT2D eigenvalue weighted by atomic mass is 79.9. The zero-order chi connectivity index (χ0) is 15.3. The molecule has 4 nitrogen and oxygen atoms in total. The maximum Gasteiger partial charge on any atom is 0.241 e. The van der Waals surface area contributed by atoms with Crippen molar-refractivity contribution in [1.29, 1.82) is 0 Å². The molecule has 0 aromatic heterocycles. The lowest BCUT2D eigenvalue weighted by Crippen LogP contribution is -2.27. The van der Waals surface area contributed by atoms with Crippen LogP contribution in [-0.2, 0) is 16.6 Å². The largest absolute Gasteiger partial charge is 0.326 e. The lowest BCUT2D eigenvalue weighted by atomic mass is 9.87. The number of benzene rings is 1. The van der Waals surface area contributed by atoms with Crippen molar-refractivity contribution in [1.82, 2.24) is 4.72 Å². The lowest BCUT2D eigenvalue weighted by Gasteiger charge is -2.21. The van der Waals surface area contributed by atoms with E-state index in [1.54, 1.807) is 18.2 Å². The van der Waals surface area contributed by atoms with Crippen molar-refractivity contribution in [3.05, 3.63) is 28.2 Å². The Kier molecular flexibility index (Phi) is 6.22. The van der Waals surface area contributed by atoms with Gasteiger partial charge in [-0.25, -0.2) is 13.1 Å². The molecule has 1 aromatic carbocycles. The fraction of sp³-hybridized carbons (Fsp3) is 0.600. The van der Waals surface area contributed by atoms with Gasteiger partial charge < -0.3 is 5.73 Å². The molecule has 1 aliphatic rings. The summed E-state index contributed by atoms with van der Waals surface area (Å²) in [7, 11) is -3.45. The maximum atomic E-state index is 12.3. The van der Waals surface area contributed by atoms with Gasteiger partial charge in [0.1, 0.15) is 0 Å². The minimum atomic E-state index is -3.45. The number of rotatable bonds is 6. The molecule has 2 rings (SSSR count). The van der Waals surface area contributed by atoms with Crippen LogP contribution in [-0.4, -0.2) is 15.0 Å². The molecule has 3 N–H and O–H groups in total. The summed E-state index contributed by atoms with van der Waals surface area (Å²) < 4.78 is 27.9. The van der Waals surface area contributed by atoms with E-state index in [1.165, 1.54) is 32.1 Å². The van der Waals surface area contributed by atoms with E-state index in [0.29, 0.717) is 23.5 Å². The molecule has 0 aliphatic heterocycles. The van der Waals surface area contributed by atoms with Gasteiger partial charge in [-0.05, 0) is 46.0 Å². The van der Waals surface area contributed by atoms with Crippen LogP contribution in [0.3, 0.4) is 0 Å². The summed E-state index contributed by atoms with van der Waals surface area (Å²) in [6, 6.07) is 5.12. The fourth-order valence-electron chi connectivity index (χ4n) is 2.84. The Morgan fingerprint density at radius 3 is 2.57 bits per heavy atom. The van der Waals surface area contributed by atoms with Crippen molar-refractivity contribution in [3.8, 4) is 0 Å². The van der Waals surface area contributed by atoms with E-state index in [-0.39, 0.29) is 4.90 Å². The van der Waals surface area contributed by atoms with Gasteiger partial charge in [-0.2, -0.15) is 0 Å². The molecule has 21 heavy (non-hydrogen) atoms. The van der Waals surface area contributed by atoms with E-state index >= 15 is 0 Å². The maximum absolute atomic E-state index is 12.3. The van der Waals surface area contributed by atoms with Crippen molar-refractivity contribution in [3.63, 3.8) is 0 Å². The zero-order valence-corrected chi connectivity index (χ0v) is 14.5. The summed E-state index contributed by atoms with van der Waals surface area (Å²) in [5.41, 5.74) is 6.46. The Labute approximate surface area is 135 Å². The molecule has 0 amide bonds. The molecule has 0 heterocycles. The summed E-state index contributed by atoms with van der Waals surface area (Å²) >= 11 is 3.32. The standard InChI is InChI=1S/C15H23BrN2O2S/c16-14-10-13(11-17)6-7-15(14)21(19,20)18-9-8-12-4-2-1-3-5-12/h6-7,10,12,18H,1-5,8-9,11,17H2. The lowest BCUT2D eigenvalue weighted by molar-refractivity contribution is 0.339. The van der Waals surface area contributed by atoms with Crippen molar-refractivity contribution in [2.45, 2.75) is 50.0 Å². The molecule has 0 saturated heterocycles. The number of nitrogens with two attached hydrogens (primary N) is 1. The average Bonchev–Trinajstić information content (AvgIpc) is 2.47. The average molecular weight is 375 g/mol. The van der Waals surface area contributed by atoms with Crippen LogP contribution in [0, 0.1) is 5.92 Å². The number of hydrogen-bond donors (Lipinski definition) is 2. The van der Waals surface area contributed by atoms with Crippen LogP contribution < -0.4 is 10.5 Å². The highest BCUT2D eigenvalue weighted by Crippen LogP contribution is 2.26. The molecule has 1 saturated carbocycles. The van der Waals surface area contributed by atoms with Crippen molar-refractivity contribution < 1.29 is 8.42 Å². The molecule has 6 heteroatoms. The summed E-state index contributed by atoms with van der Waals surface area (Å²) in [6.45, 7) is 0.909. The minimum Gasteiger partial charge on any atom is -0.326 e. The Morgan fingerprint density at radius 2 is 1.95 bits per heavy atom. The Bertz CT molecular complexity index is 569. The first kappa shape index (κ1) is 16.9. The van der Waals surface area contributed by atoms with Crippen molar-refractivity contribution >= 4 is 26.0 Å². The summed E-state index contributed by atoms with van der Waals surface area (Å²) in [5.74, 6) is 0.671. The van der Waals surface area contributed by atoms with E-state index in [9.17, 15) is 8.42 Å². The van der Waals surface area contributed by atoms with E-state index in [4.69, 9.17) is 5.73 Å². The smallest absolute Gasteiger partial charge is 0.241 e. The van der Waals surface area contributed by atoms with Gasteiger partial charge in [0, 0.05) is 17.6 Å². The van der Waals surface area contributed by atoms with Crippen LogP contribution in [0.15, 0.2) is 27.6 Å².